The molecule has 0 saturated carbocycles. The van der Waals surface area contributed by atoms with Crippen LogP contribution in [0.4, 0.5) is 8.78 Å². The summed E-state index contributed by atoms with van der Waals surface area (Å²) < 4.78 is 37.3. The van der Waals surface area contributed by atoms with Crippen LogP contribution in [-0.2, 0) is 17.0 Å². The molecule has 2 heterocycles. The molecule has 0 fully saturated rings. The van der Waals surface area contributed by atoms with Crippen molar-refractivity contribution in [3.8, 4) is 5.75 Å². The fourth-order valence-corrected chi connectivity index (χ4v) is 4.35. The van der Waals surface area contributed by atoms with E-state index >= 15 is 0 Å². The quantitative estimate of drug-likeness (QED) is 0.237. The smallest absolute Gasteiger partial charge is 0.387 e. The van der Waals surface area contributed by atoms with Gasteiger partial charge in [-0.3, -0.25) is 4.98 Å². The van der Waals surface area contributed by atoms with Gasteiger partial charge in [-0.1, -0.05) is 36.0 Å². The topological polar surface area (TPSA) is 66.2 Å². The minimum absolute atomic E-state index is 0.136. The Balaban J connectivity index is 1.68. The summed E-state index contributed by atoms with van der Waals surface area (Å²) in [6, 6.07) is 17.6. The molecule has 0 amide bonds. The molecular weight excluding hydrogens is 448 g/mol. The Labute approximate surface area is 193 Å². The molecule has 0 aliphatic heterocycles. The summed E-state index contributed by atoms with van der Waals surface area (Å²) >= 11 is 1.39. The summed E-state index contributed by atoms with van der Waals surface area (Å²) in [7, 11) is 0. The second-order valence-corrected chi connectivity index (χ2v) is 7.94. The summed E-state index contributed by atoms with van der Waals surface area (Å²) in [5.74, 6) is 0.0991. The van der Waals surface area contributed by atoms with Gasteiger partial charge in [0.15, 0.2) is 5.16 Å². The van der Waals surface area contributed by atoms with Crippen molar-refractivity contribution in [2.24, 2.45) is 0 Å². The Hall–Kier alpha value is -3.46. The van der Waals surface area contributed by atoms with Crippen LogP contribution in [-0.4, -0.2) is 33.7 Å². The zero-order chi connectivity index (χ0) is 23.2. The second kappa shape index (κ2) is 10.4. The second-order valence-electron chi connectivity index (χ2n) is 7.00. The van der Waals surface area contributed by atoms with Crippen molar-refractivity contribution in [2.75, 3.05) is 6.61 Å². The SMILES string of the molecule is CCOC(=O)c1ccc2c(c1)nc(SCc1ccccc1OC(F)F)n2Cc1ccccn1. The number of esters is 1. The molecule has 0 saturated heterocycles. The van der Waals surface area contributed by atoms with Crippen LogP contribution in [0.5, 0.6) is 5.75 Å². The molecule has 2 aromatic heterocycles. The first-order valence-electron chi connectivity index (χ1n) is 10.3. The monoisotopic (exact) mass is 469 g/mol. The number of benzene rings is 2. The lowest BCUT2D eigenvalue weighted by molar-refractivity contribution is -0.0503. The van der Waals surface area contributed by atoms with E-state index in [-0.39, 0.29) is 12.4 Å². The van der Waals surface area contributed by atoms with Gasteiger partial charge in [-0.25, -0.2) is 9.78 Å². The minimum atomic E-state index is -2.90. The molecular formula is C24H21F2N3O3S. The molecule has 2 aromatic carbocycles. The first-order valence-corrected chi connectivity index (χ1v) is 11.3. The number of carbonyl (C=O) groups is 1. The van der Waals surface area contributed by atoms with Gasteiger partial charge in [0, 0.05) is 17.5 Å². The third kappa shape index (κ3) is 5.48. The van der Waals surface area contributed by atoms with E-state index in [1.165, 1.54) is 17.8 Å². The van der Waals surface area contributed by atoms with E-state index < -0.39 is 12.6 Å². The minimum Gasteiger partial charge on any atom is -0.462 e. The zero-order valence-corrected chi connectivity index (χ0v) is 18.6. The van der Waals surface area contributed by atoms with Crippen LogP contribution < -0.4 is 4.74 Å². The number of rotatable bonds is 9. The first kappa shape index (κ1) is 22.7. The molecule has 9 heteroatoms. The molecule has 4 aromatic rings. The molecule has 0 unspecified atom stereocenters. The molecule has 6 nitrogen and oxygen atoms in total. The van der Waals surface area contributed by atoms with E-state index in [1.54, 1.807) is 43.5 Å². The lowest BCUT2D eigenvalue weighted by Gasteiger charge is -2.11. The molecule has 0 spiro atoms. The molecule has 0 N–H and O–H groups in total. The van der Waals surface area contributed by atoms with Gasteiger partial charge in [0.2, 0.25) is 0 Å². The van der Waals surface area contributed by atoms with Gasteiger partial charge in [-0.15, -0.1) is 0 Å². The Kier molecular flexibility index (Phi) is 7.19. The highest BCUT2D eigenvalue weighted by atomic mass is 32.2. The number of ether oxygens (including phenoxy) is 2. The number of fused-ring (bicyclic) bond motifs is 1. The predicted octanol–water partition coefficient (Wildman–Crippen LogP) is 5.55. The third-order valence-corrected chi connectivity index (χ3v) is 5.84. The highest BCUT2D eigenvalue weighted by Gasteiger charge is 2.17. The van der Waals surface area contributed by atoms with Crippen molar-refractivity contribution in [3.63, 3.8) is 0 Å². The number of thioether (sulfide) groups is 1. The van der Waals surface area contributed by atoms with Crippen molar-refractivity contribution < 1.29 is 23.0 Å². The zero-order valence-electron chi connectivity index (χ0n) is 17.8. The van der Waals surface area contributed by atoms with Crippen LogP contribution in [0.15, 0.2) is 72.0 Å². The van der Waals surface area contributed by atoms with E-state index in [4.69, 9.17) is 9.72 Å². The summed E-state index contributed by atoms with van der Waals surface area (Å²) in [5, 5.41) is 0.670. The summed E-state index contributed by atoms with van der Waals surface area (Å²) in [6.45, 7) is -0.395. The maximum Gasteiger partial charge on any atom is 0.387 e. The predicted molar refractivity (Wildman–Crippen MR) is 122 cm³/mol. The van der Waals surface area contributed by atoms with Crippen LogP contribution >= 0.6 is 11.8 Å². The molecule has 0 aliphatic carbocycles. The Bertz CT molecular complexity index is 1250. The number of nitrogens with zero attached hydrogens (tertiary/aromatic N) is 3. The van der Waals surface area contributed by atoms with Crippen molar-refractivity contribution in [1.82, 2.24) is 14.5 Å². The van der Waals surface area contributed by atoms with E-state index in [0.29, 0.717) is 34.1 Å². The standard InChI is InChI=1S/C24H21F2N3O3S/c1-2-31-22(30)16-10-11-20-19(13-16)28-24(29(20)14-18-8-5-6-12-27-18)33-15-17-7-3-4-9-21(17)32-23(25)26/h3-13,23H,2,14-15H2,1H3. The molecule has 0 radical (unpaired) electrons. The van der Waals surface area contributed by atoms with Crippen LogP contribution in [0.25, 0.3) is 11.0 Å². The van der Waals surface area contributed by atoms with Crippen molar-refractivity contribution >= 4 is 28.8 Å². The maximum atomic E-state index is 12.8. The number of carbonyl (C=O) groups excluding carboxylic acids is 1. The van der Waals surface area contributed by atoms with Gasteiger partial charge in [0.1, 0.15) is 5.75 Å². The fourth-order valence-electron chi connectivity index (χ4n) is 3.34. The number of hydrogen-bond acceptors (Lipinski definition) is 6. The fraction of sp³-hybridized carbons (Fsp3) is 0.208. The molecule has 0 aliphatic rings. The Morgan fingerprint density at radius 1 is 1.12 bits per heavy atom. The van der Waals surface area contributed by atoms with Gasteiger partial charge in [-0.05, 0) is 43.3 Å². The van der Waals surface area contributed by atoms with Gasteiger partial charge in [0.25, 0.3) is 0 Å². The van der Waals surface area contributed by atoms with Crippen LogP contribution in [0.2, 0.25) is 0 Å². The highest BCUT2D eigenvalue weighted by molar-refractivity contribution is 7.98. The molecule has 170 valence electrons. The largest absolute Gasteiger partial charge is 0.462 e. The number of aromatic nitrogens is 3. The molecule has 0 atom stereocenters. The van der Waals surface area contributed by atoms with E-state index in [1.807, 2.05) is 28.8 Å². The average Bonchev–Trinajstić information content (AvgIpc) is 3.15. The van der Waals surface area contributed by atoms with E-state index in [2.05, 4.69) is 9.72 Å². The van der Waals surface area contributed by atoms with E-state index in [9.17, 15) is 13.6 Å². The van der Waals surface area contributed by atoms with Gasteiger partial charge >= 0.3 is 12.6 Å². The van der Waals surface area contributed by atoms with E-state index in [0.717, 1.165) is 11.2 Å². The Morgan fingerprint density at radius 2 is 1.94 bits per heavy atom. The summed E-state index contributed by atoms with van der Waals surface area (Å²) in [5.41, 5.74) is 3.35. The van der Waals surface area contributed by atoms with Crippen molar-refractivity contribution in [1.29, 1.82) is 0 Å². The summed E-state index contributed by atoms with van der Waals surface area (Å²) in [4.78, 5) is 21.3. The molecule has 0 bridgehead atoms. The number of halogens is 2. The third-order valence-electron chi connectivity index (χ3n) is 4.82. The van der Waals surface area contributed by atoms with Crippen LogP contribution in [0.1, 0.15) is 28.5 Å². The lowest BCUT2D eigenvalue weighted by atomic mass is 10.2. The summed E-state index contributed by atoms with van der Waals surface area (Å²) in [6.07, 6.45) is 1.72. The lowest BCUT2D eigenvalue weighted by Crippen LogP contribution is -2.05. The number of para-hydroxylation sites is 1. The first-order chi connectivity index (χ1) is 16.0. The van der Waals surface area contributed by atoms with Gasteiger partial charge in [0.05, 0.1) is 35.4 Å². The maximum absolute atomic E-state index is 12.8. The number of hydrogen-bond donors (Lipinski definition) is 0. The number of alkyl halides is 2. The van der Waals surface area contributed by atoms with Gasteiger partial charge in [-0.2, -0.15) is 8.78 Å². The molecule has 33 heavy (non-hydrogen) atoms. The normalized spacial score (nSPS) is 11.2. The van der Waals surface area contributed by atoms with Crippen molar-refractivity contribution in [2.45, 2.75) is 31.0 Å². The van der Waals surface area contributed by atoms with Crippen molar-refractivity contribution in [3.05, 3.63) is 83.7 Å². The Morgan fingerprint density at radius 3 is 2.70 bits per heavy atom. The van der Waals surface area contributed by atoms with Crippen LogP contribution in [0, 0.1) is 0 Å². The van der Waals surface area contributed by atoms with Gasteiger partial charge < -0.3 is 14.0 Å². The highest BCUT2D eigenvalue weighted by Crippen LogP contribution is 2.31. The van der Waals surface area contributed by atoms with Crippen LogP contribution in [0.3, 0.4) is 0 Å². The molecule has 4 rings (SSSR count). The number of imidazole rings is 1. The average molecular weight is 470 g/mol. The number of pyridine rings is 1.